The van der Waals surface area contributed by atoms with Crippen molar-refractivity contribution in [3.8, 4) is 11.1 Å². The molecule has 0 bridgehead atoms. The minimum atomic E-state index is -1.08. The van der Waals surface area contributed by atoms with Crippen LogP contribution in [0.15, 0.2) is 61.2 Å². The monoisotopic (exact) mass is 1050 g/mol. The number of benzene rings is 2. The third-order valence-electron chi connectivity index (χ3n) is 12.1. The van der Waals surface area contributed by atoms with E-state index in [1.165, 1.54) is 69.5 Å². The largest absolute Gasteiger partial charge is 0.461 e. The first-order chi connectivity index (χ1) is 35.2. The van der Waals surface area contributed by atoms with Gasteiger partial charge in [-0.05, 0) is 22.3 Å². The van der Waals surface area contributed by atoms with Crippen LogP contribution in [0.3, 0.4) is 0 Å². The van der Waals surface area contributed by atoms with Crippen molar-refractivity contribution < 1.29 is 67.0 Å². The van der Waals surface area contributed by atoms with Gasteiger partial charge in [-0.3, -0.25) is 52.7 Å². The average Bonchev–Trinajstić information content (AvgIpc) is 3.67. The molecule has 1 aliphatic rings. The molecule has 25 nitrogen and oxygen atoms in total. The summed E-state index contributed by atoms with van der Waals surface area (Å²) in [4.78, 5) is 163. The van der Waals surface area contributed by atoms with Gasteiger partial charge in [0.05, 0.1) is 71.4 Å². The van der Waals surface area contributed by atoms with Crippen LogP contribution in [0, 0.1) is 0 Å². The van der Waals surface area contributed by atoms with Gasteiger partial charge in [-0.25, -0.2) is 4.79 Å². The summed E-state index contributed by atoms with van der Waals surface area (Å²) < 4.78 is 10.7. The number of hydrogen-bond acceptors (Lipinski definition) is 14. The zero-order chi connectivity index (χ0) is 56.3. The van der Waals surface area contributed by atoms with Crippen LogP contribution in [0.25, 0.3) is 11.1 Å². The van der Waals surface area contributed by atoms with Crippen molar-refractivity contribution in [3.63, 3.8) is 0 Å². The maximum Gasteiger partial charge on any atom is 0.407 e. The van der Waals surface area contributed by atoms with E-state index in [4.69, 9.17) is 15.2 Å². The highest BCUT2D eigenvalue weighted by Crippen LogP contribution is 2.44. The molecule has 75 heavy (non-hydrogen) atoms. The first kappa shape index (κ1) is 60.9. The summed E-state index contributed by atoms with van der Waals surface area (Å²) in [6, 6.07) is 14.5. The van der Waals surface area contributed by atoms with E-state index < -0.39 is 136 Å². The highest BCUT2D eigenvalue weighted by Gasteiger charge is 2.31. The van der Waals surface area contributed by atoms with E-state index >= 15 is 0 Å². The first-order valence-electron chi connectivity index (χ1n) is 23.6. The zero-order valence-electron chi connectivity index (χ0n) is 44.1. The minimum absolute atomic E-state index is 0.0174. The van der Waals surface area contributed by atoms with Crippen LogP contribution < -0.4 is 11.1 Å². The second-order valence-corrected chi connectivity index (χ2v) is 18.3. The Hall–Kier alpha value is -8.38. The number of amides is 11. The number of rotatable bonds is 27. The molecule has 3 rings (SSSR count). The second-order valence-electron chi connectivity index (χ2n) is 18.3. The van der Waals surface area contributed by atoms with Gasteiger partial charge in [0.1, 0.15) is 13.2 Å². The van der Waals surface area contributed by atoms with Gasteiger partial charge in [0.25, 0.3) is 0 Å². The number of hydrogen-bond donors (Lipinski definition) is 2. The molecule has 0 spiro atoms. The number of nitrogens with two attached hydrogens (primary N) is 1. The number of esters is 1. The number of carbonyl (C=O) groups is 12. The van der Waals surface area contributed by atoms with Crippen LogP contribution in [-0.4, -0.2) is 257 Å². The van der Waals surface area contributed by atoms with Crippen LogP contribution in [0.4, 0.5) is 4.79 Å². The standard InChI is InChI=1S/C50H69N11O14/c1-11-20-74-49(72)22-33(52-50(73)75-32-38-36-18-14-12-16-34(36)35-17-13-15-19-37(35)38)21-40(63)54(3)24-42(65)56(5)26-44(67)58(7)28-46(69)60(9)30-48(71)61(10)31-47(70)59(8)29-45(68)57(6)27-43(66)55(4)25-41(64)53(2)23-39(51)62/h11-19,33,38H,1,20-32H2,2-10H3,(H2,51,62)(H,52,73)/t33-/m0/s1. The molecule has 2 aromatic rings. The molecule has 0 fully saturated rings. The van der Waals surface area contributed by atoms with Gasteiger partial charge in [-0.1, -0.05) is 61.2 Å². The van der Waals surface area contributed by atoms with Crippen LogP contribution in [0.5, 0.6) is 0 Å². The molecular formula is C50H69N11O14. The molecule has 0 saturated carbocycles. The number of carbonyl (C=O) groups excluding carboxylic acids is 12. The summed E-state index contributed by atoms with van der Waals surface area (Å²) in [5, 5.41) is 2.59. The fraction of sp³-hybridized carbons (Fsp3) is 0.480. The number of alkyl carbamates (subject to hydrolysis) is 1. The van der Waals surface area contributed by atoms with E-state index in [1.807, 2.05) is 48.5 Å². The molecule has 25 heteroatoms. The number of fused-ring (bicyclic) bond motifs is 3. The van der Waals surface area contributed by atoms with E-state index in [1.54, 1.807) is 0 Å². The summed E-state index contributed by atoms with van der Waals surface area (Å²) in [5.41, 5.74) is 9.14. The molecule has 2 aromatic carbocycles. The van der Waals surface area contributed by atoms with Gasteiger partial charge in [-0.15, -0.1) is 0 Å². The van der Waals surface area contributed by atoms with E-state index in [-0.39, 0.29) is 32.2 Å². The molecule has 0 unspecified atom stereocenters. The Balaban J connectivity index is 1.45. The lowest BCUT2D eigenvalue weighted by Gasteiger charge is -2.27. The van der Waals surface area contributed by atoms with Crippen molar-refractivity contribution in [2.45, 2.75) is 24.8 Å². The van der Waals surface area contributed by atoms with Crippen molar-refractivity contribution in [1.82, 2.24) is 49.4 Å². The van der Waals surface area contributed by atoms with Gasteiger partial charge < -0.3 is 64.6 Å². The topological polar surface area (TPSA) is 291 Å². The quantitative estimate of drug-likeness (QED) is 0.0725. The van der Waals surface area contributed by atoms with Crippen molar-refractivity contribution in [1.29, 1.82) is 0 Å². The summed E-state index contributed by atoms with van der Waals surface area (Å²) >= 11 is 0. The van der Waals surface area contributed by atoms with E-state index in [9.17, 15) is 57.5 Å². The first-order valence-corrected chi connectivity index (χ1v) is 23.6. The van der Waals surface area contributed by atoms with Crippen molar-refractivity contribution in [3.05, 3.63) is 72.3 Å². The fourth-order valence-electron chi connectivity index (χ4n) is 7.38. The molecular weight excluding hydrogens is 979 g/mol. The third kappa shape index (κ3) is 18.9. The summed E-state index contributed by atoms with van der Waals surface area (Å²) in [7, 11) is 11.9. The van der Waals surface area contributed by atoms with Crippen LogP contribution >= 0.6 is 0 Å². The number of ether oxygens (including phenoxy) is 2. The summed E-state index contributed by atoms with van der Waals surface area (Å²) in [6.07, 6.45) is -0.320. The van der Waals surface area contributed by atoms with Gasteiger partial charge in [0.15, 0.2) is 0 Å². The number of nitrogens with one attached hydrogen (secondary N) is 1. The van der Waals surface area contributed by atoms with Gasteiger partial charge in [-0.2, -0.15) is 0 Å². The maximum atomic E-state index is 13.4. The Kier molecular flexibility index (Phi) is 23.4. The fourth-order valence-corrected chi connectivity index (χ4v) is 7.38. The Bertz CT molecular complexity index is 2440. The van der Waals surface area contributed by atoms with Crippen LogP contribution in [0.2, 0.25) is 0 Å². The SMILES string of the molecule is C=CCOC(=O)C[C@H](CC(=O)N(C)CC(=O)N(C)CC(=O)N(C)CC(=O)N(C)CC(=O)N(C)CC(=O)N(C)CC(=O)N(C)CC(=O)N(C)CC(=O)N(C)CC(N)=O)NC(=O)OCC1c2ccccc2-c2ccccc21. The zero-order valence-corrected chi connectivity index (χ0v) is 44.1. The molecule has 1 aliphatic carbocycles. The van der Waals surface area contributed by atoms with Gasteiger partial charge in [0.2, 0.25) is 59.1 Å². The lowest BCUT2D eigenvalue weighted by molar-refractivity contribution is -0.146. The molecule has 1 atom stereocenters. The maximum absolute atomic E-state index is 13.4. The van der Waals surface area contributed by atoms with Gasteiger partial charge in [0, 0.05) is 75.8 Å². The molecule has 0 heterocycles. The normalized spacial score (nSPS) is 11.5. The summed E-state index contributed by atoms with van der Waals surface area (Å²) in [5.74, 6) is -7.31. The molecule has 0 aliphatic heterocycles. The Morgan fingerprint density at radius 1 is 0.480 bits per heavy atom. The van der Waals surface area contributed by atoms with Crippen molar-refractivity contribution >= 4 is 71.1 Å². The van der Waals surface area contributed by atoms with E-state index in [0.29, 0.717) is 0 Å². The molecule has 0 saturated heterocycles. The van der Waals surface area contributed by atoms with Crippen LogP contribution in [-0.2, 0) is 62.2 Å². The van der Waals surface area contributed by atoms with Crippen LogP contribution in [0.1, 0.15) is 29.9 Å². The van der Waals surface area contributed by atoms with Gasteiger partial charge >= 0.3 is 12.1 Å². The Morgan fingerprint density at radius 2 is 0.787 bits per heavy atom. The minimum Gasteiger partial charge on any atom is -0.461 e. The highest BCUT2D eigenvalue weighted by atomic mass is 16.5. The molecule has 3 N–H and O–H groups in total. The summed E-state index contributed by atoms with van der Waals surface area (Å²) in [6.45, 7) is -0.605. The van der Waals surface area contributed by atoms with Crippen molar-refractivity contribution in [2.75, 3.05) is 136 Å². The predicted octanol–water partition coefficient (Wildman–Crippen LogP) is -1.99. The van der Waals surface area contributed by atoms with E-state index in [2.05, 4.69) is 11.9 Å². The lowest BCUT2D eigenvalue weighted by Crippen LogP contribution is -2.49. The Morgan fingerprint density at radius 3 is 1.11 bits per heavy atom. The van der Waals surface area contributed by atoms with Crippen molar-refractivity contribution in [2.24, 2.45) is 5.73 Å². The number of primary amides is 1. The average molecular weight is 1050 g/mol. The molecule has 0 radical (unpaired) electrons. The second kappa shape index (κ2) is 28.8. The molecule has 408 valence electrons. The third-order valence-corrected chi connectivity index (χ3v) is 12.1. The lowest BCUT2D eigenvalue weighted by atomic mass is 9.98. The molecule has 11 amide bonds. The Labute approximate surface area is 436 Å². The molecule has 0 aromatic heterocycles. The number of likely N-dealkylation sites (N-methyl/N-ethyl adjacent to an activating group) is 9. The highest BCUT2D eigenvalue weighted by molar-refractivity contribution is 5.94. The van der Waals surface area contributed by atoms with E-state index in [0.717, 1.165) is 66.4 Å². The smallest absolute Gasteiger partial charge is 0.407 e. The number of nitrogens with zero attached hydrogens (tertiary/aromatic N) is 9. The predicted molar refractivity (Wildman–Crippen MR) is 270 cm³/mol.